The fourth-order valence-corrected chi connectivity index (χ4v) is 2.13. The third-order valence-electron chi connectivity index (χ3n) is 3.50. The molecule has 14 heavy (non-hydrogen) atoms. The smallest absolute Gasteiger partial charge is 0.0323 e. The van der Waals surface area contributed by atoms with E-state index >= 15 is 0 Å². The van der Waals surface area contributed by atoms with Crippen LogP contribution in [0.5, 0.6) is 0 Å². The molecule has 2 aliphatic rings. The Hall–Kier alpha value is -0.820. The molecule has 0 aliphatic heterocycles. The van der Waals surface area contributed by atoms with Gasteiger partial charge in [-0.3, -0.25) is 0 Å². The van der Waals surface area contributed by atoms with Gasteiger partial charge in [-0.2, -0.15) is 0 Å². The maximum atomic E-state index is 6.14. The van der Waals surface area contributed by atoms with E-state index in [4.69, 9.17) is 5.73 Å². The lowest BCUT2D eigenvalue weighted by atomic mass is 10.0. The topological polar surface area (TPSA) is 26.0 Å². The Morgan fingerprint density at radius 3 is 2.14 bits per heavy atom. The molecule has 2 fully saturated rings. The average Bonchev–Trinajstić information content (AvgIpc) is 3.05. The van der Waals surface area contributed by atoms with Crippen LogP contribution in [0.3, 0.4) is 0 Å². The molecule has 0 spiro atoms. The fourth-order valence-electron chi connectivity index (χ4n) is 2.13. The second-order valence-corrected chi connectivity index (χ2v) is 4.80. The van der Waals surface area contributed by atoms with Crippen LogP contribution in [0.1, 0.15) is 48.8 Å². The van der Waals surface area contributed by atoms with Gasteiger partial charge in [0, 0.05) is 6.04 Å². The van der Waals surface area contributed by atoms with Gasteiger partial charge in [0.05, 0.1) is 0 Å². The molecule has 2 N–H and O–H groups in total. The third kappa shape index (κ3) is 1.57. The molecule has 0 heterocycles. The van der Waals surface area contributed by atoms with E-state index in [-0.39, 0.29) is 0 Å². The first-order valence-corrected chi connectivity index (χ1v) is 5.70. The molecular weight excluding hydrogens is 170 g/mol. The minimum Gasteiger partial charge on any atom is -0.324 e. The van der Waals surface area contributed by atoms with Crippen molar-refractivity contribution in [2.24, 2.45) is 11.7 Å². The summed E-state index contributed by atoms with van der Waals surface area (Å²) in [6.45, 7) is 0. The average molecular weight is 187 g/mol. The van der Waals surface area contributed by atoms with Crippen LogP contribution in [0.2, 0.25) is 0 Å². The zero-order chi connectivity index (χ0) is 9.54. The molecular formula is C13H17N. The zero-order valence-electron chi connectivity index (χ0n) is 8.45. The largest absolute Gasteiger partial charge is 0.324 e. The molecule has 1 nitrogen and oxygen atoms in total. The molecule has 1 aromatic rings. The molecule has 0 saturated heterocycles. The number of hydrogen-bond donors (Lipinski definition) is 1. The molecule has 0 unspecified atom stereocenters. The molecule has 0 amide bonds. The van der Waals surface area contributed by atoms with Crippen LogP contribution in [0.25, 0.3) is 0 Å². The van der Waals surface area contributed by atoms with Gasteiger partial charge >= 0.3 is 0 Å². The first-order chi connectivity index (χ1) is 6.84. The highest BCUT2D eigenvalue weighted by atomic mass is 14.7. The zero-order valence-corrected chi connectivity index (χ0v) is 8.45. The monoisotopic (exact) mass is 187 g/mol. The van der Waals surface area contributed by atoms with E-state index < -0.39 is 0 Å². The summed E-state index contributed by atoms with van der Waals surface area (Å²) in [6.07, 6.45) is 5.42. The van der Waals surface area contributed by atoms with Crippen LogP contribution in [0.4, 0.5) is 0 Å². The van der Waals surface area contributed by atoms with Crippen molar-refractivity contribution >= 4 is 0 Å². The molecule has 74 valence electrons. The van der Waals surface area contributed by atoms with E-state index in [0.717, 1.165) is 11.8 Å². The summed E-state index contributed by atoms with van der Waals surface area (Å²) in [7, 11) is 0. The maximum absolute atomic E-state index is 6.14. The van der Waals surface area contributed by atoms with E-state index in [1.54, 1.807) is 0 Å². The lowest BCUT2D eigenvalue weighted by Crippen LogP contribution is -2.12. The summed E-state index contributed by atoms with van der Waals surface area (Å²) in [5, 5.41) is 0. The van der Waals surface area contributed by atoms with Gasteiger partial charge < -0.3 is 5.73 Å². The maximum Gasteiger partial charge on any atom is 0.0323 e. The fraction of sp³-hybridized carbons (Fsp3) is 0.538. The second kappa shape index (κ2) is 3.09. The van der Waals surface area contributed by atoms with Crippen LogP contribution in [-0.4, -0.2) is 0 Å². The standard InChI is InChI=1S/C13H17N/c14-13(12-7-8-12)11-5-3-10(4-6-11)9-1-2-9/h3-6,9,12-13H,1-2,7-8,14H2/t13-/m0/s1. The first kappa shape index (κ1) is 8.49. The van der Waals surface area contributed by atoms with Crippen molar-refractivity contribution in [1.82, 2.24) is 0 Å². The number of hydrogen-bond acceptors (Lipinski definition) is 1. The van der Waals surface area contributed by atoms with Crippen molar-refractivity contribution in [3.63, 3.8) is 0 Å². The van der Waals surface area contributed by atoms with Crippen molar-refractivity contribution in [3.05, 3.63) is 35.4 Å². The van der Waals surface area contributed by atoms with Crippen molar-refractivity contribution in [3.8, 4) is 0 Å². The van der Waals surface area contributed by atoms with Crippen LogP contribution in [0, 0.1) is 5.92 Å². The van der Waals surface area contributed by atoms with Gasteiger partial charge in [0.25, 0.3) is 0 Å². The minimum absolute atomic E-state index is 0.295. The van der Waals surface area contributed by atoms with Crippen molar-refractivity contribution < 1.29 is 0 Å². The number of nitrogens with two attached hydrogens (primary N) is 1. The Morgan fingerprint density at radius 1 is 1.00 bits per heavy atom. The lowest BCUT2D eigenvalue weighted by molar-refractivity contribution is 0.633. The van der Waals surface area contributed by atoms with Gasteiger partial charge in [-0.25, -0.2) is 0 Å². The van der Waals surface area contributed by atoms with E-state index in [1.165, 1.54) is 36.8 Å². The second-order valence-electron chi connectivity index (χ2n) is 4.80. The number of benzene rings is 1. The summed E-state index contributed by atoms with van der Waals surface area (Å²) in [5.74, 6) is 1.63. The minimum atomic E-state index is 0.295. The van der Waals surface area contributed by atoms with E-state index in [2.05, 4.69) is 24.3 Å². The number of rotatable bonds is 3. The van der Waals surface area contributed by atoms with Gasteiger partial charge in [0.15, 0.2) is 0 Å². The van der Waals surface area contributed by atoms with Gasteiger partial charge in [-0.15, -0.1) is 0 Å². The Kier molecular flexibility index (Phi) is 1.88. The van der Waals surface area contributed by atoms with E-state index in [0.29, 0.717) is 6.04 Å². The Labute approximate surface area is 85.3 Å². The molecule has 2 saturated carbocycles. The summed E-state index contributed by atoms with van der Waals surface area (Å²) in [6, 6.07) is 9.31. The van der Waals surface area contributed by atoms with Gasteiger partial charge in [-0.1, -0.05) is 24.3 Å². The molecule has 2 aliphatic carbocycles. The van der Waals surface area contributed by atoms with Crippen LogP contribution in [0.15, 0.2) is 24.3 Å². The summed E-state index contributed by atoms with van der Waals surface area (Å²) in [4.78, 5) is 0. The summed E-state index contributed by atoms with van der Waals surface area (Å²) >= 11 is 0. The molecule has 1 heteroatoms. The Morgan fingerprint density at radius 2 is 1.64 bits per heavy atom. The van der Waals surface area contributed by atoms with Gasteiger partial charge in [-0.05, 0) is 48.6 Å². The molecule has 0 aromatic heterocycles. The van der Waals surface area contributed by atoms with Crippen LogP contribution in [-0.2, 0) is 0 Å². The van der Waals surface area contributed by atoms with Gasteiger partial charge in [0.1, 0.15) is 0 Å². The molecule has 0 bridgehead atoms. The molecule has 1 aromatic carbocycles. The normalized spacial score (nSPS) is 23.5. The van der Waals surface area contributed by atoms with Gasteiger partial charge in [0.2, 0.25) is 0 Å². The molecule has 3 rings (SSSR count). The van der Waals surface area contributed by atoms with Crippen molar-refractivity contribution in [2.75, 3.05) is 0 Å². The molecule has 1 atom stereocenters. The van der Waals surface area contributed by atoms with E-state index in [1.807, 2.05) is 0 Å². The Bertz CT molecular complexity index is 320. The Balaban J connectivity index is 1.78. The molecule has 0 radical (unpaired) electrons. The summed E-state index contributed by atoms with van der Waals surface area (Å²) < 4.78 is 0. The van der Waals surface area contributed by atoms with Crippen molar-refractivity contribution in [1.29, 1.82) is 0 Å². The first-order valence-electron chi connectivity index (χ1n) is 5.70. The highest BCUT2D eigenvalue weighted by Gasteiger charge is 2.29. The van der Waals surface area contributed by atoms with Crippen LogP contribution >= 0.6 is 0 Å². The lowest BCUT2D eigenvalue weighted by Gasteiger charge is -2.10. The van der Waals surface area contributed by atoms with Crippen LogP contribution < -0.4 is 5.73 Å². The predicted molar refractivity (Wildman–Crippen MR) is 58.1 cm³/mol. The SMILES string of the molecule is N[C@@H](c1ccc(C2CC2)cc1)C1CC1. The highest BCUT2D eigenvalue weighted by Crippen LogP contribution is 2.42. The van der Waals surface area contributed by atoms with E-state index in [9.17, 15) is 0 Å². The quantitative estimate of drug-likeness (QED) is 0.773. The van der Waals surface area contributed by atoms with Crippen molar-refractivity contribution in [2.45, 2.75) is 37.6 Å². The third-order valence-corrected chi connectivity index (χ3v) is 3.50. The summed E-state index contributed by atoms with van der Waals surface area (Å²) in [5.41, 5.74) is 8.98. The predicted octanol–water partition coefficient (Wildman–Crippen LogP) is 2.97. The highest BCUT2D eigenvalue weighted by molar-refractivity contribution is 5.30.